The van der Waals surface area contributed by atoms with E-state index in [1.807, 2.05) is 0 Å². The predicted octanol–water partition coefficient (Wildman–Crippen LogP) is 2.72. The van der Waals surface area contributed by atoms with Crippen LogP contribution in [0.5, 0.6) is 0 Å². The summed E-state index contributed by atoms with van der Waals surface area (Å²) in [7, 11) is 0. The summed E-state index contributed by atoms with van der Waals surface area (Å²) in [4.78, 5) is 11.5. The summed E-state index contributed by atoms with van der Waals surface area (Å²) in [6.07, 6.45) is 3.26. The smallest absolute Gasteiger partial charge is 0.341 e. The molecule has 0 atom stereocenters. The third kappa shape index (κ3) is 3.44. The van der Waals surface area contributed by atoms with Crippen molar-refractivity contribution in [2.45, 2.75) is 27.3 Å². The molecular formula is C15H18N2O2. The molecule has 0 radical (unpaired) electrons. The van der Waals surface area contributed by atoms with E-state index in [1.54, 1.807) is 24.0 Å². The van der Waals surface area contributed by atoms with Crippen LogP contribution in [0.2, 0.25) is 0 Å². The van der Waals surface area contributed by atoms with Crippen molar-refractivity contribution in [2.75, 3.05) is 6.61 Å². The Morgan fingerprint density at radius 1 is 1.26 bits per heavy atom. The molecule has 1 heterocycles. The zero-order valence-corrected chi connectivity index (χ0v) is 11.5. The molecule has 0 amide bonds. The van der Waals surface area contributed by atoms with E-state index in [4.69, 9.17) is 4.74 Å². The van der Waals surface area contributed by atoms with Crippen LogP contribution in [-0.2, 0) is 11.3 Å². The van der Waals surface area contributed by atoms with E-state index in [0.717, 1.165) is 0 Å². The third-order valence-corrected chi connectivity index (χ3v) is 2.77. The van der Waals surface area contributed by atoms with Gasteiger partial charge in [0.05, 0.1) is 24.9 Å². The van der Waals surface area contributed by atoms with Crippen molar-refractivity contribution in [3.05, 3.63) is 52.8 Å². The average Bonchev–Trinajstić information content (AvgIpc) is 2.76. The Bertz CT molecular complexity index is 567. The molecule has 0 aliphatic carbocycles. The van der Waals surface area contributed by atoms with Gasteiger partial charge >= 0.3 is 5.97 Å². The molecule has 0 aliphatic rings. The number of ether oxygens (including phenoxy) is 1. The topological polar surface area (TPSA) is 44.1 Å². The van der Waals surface area contributed by atoms with Gasteiger partial charge in [0.25, 0.3) is 0 Å². The number of esters is 1. The van der Waals surface area contributed by atoms with Gasteiger partial charge in [-0.1, -0.05) is 29.3 Å². The Morgan fingerprint density at radius 3 is 2.58 bits per heavy atom. The van der Waals surface area contributed by atoms with Gasteiger partial charge < -0.3 is 4.74 Å². The molecule has 0 unspecified atom stereocenters. The van der Waals surface area contributed by atoms with Crippen LogP contribution in [0.4, 0.5) is 0 Å². The summed E-state index contributed by atoms with van der Waals surface area (Å²) >= 11 is 0. The highest BCUT2D eigenvalue weighted by atomic mass is 16.5. The van der Waals surface area contributed by atoms with Crippen LogP contribution >= 0.6 is 0 Å². The molecule has 0 N–H and O–H groups in total. The van der Waals surface area contributed by atoms with E-state index in [2.05, 4.69) is 37.1 Å². The molecule has 100 valence electrons. The standard InChI is InChI=1S/C15H18N2O2/c1-4-19-15(18)14-8-16-17(10-14)9-13-6-11(2)5-12(3)7-13/h5-8,10H,4,9H2,1-3H3. The Morgan fingerprint density at radius 2 is 1.95 bits per heavy atom. The molecule has 4 heteroatoms. The Kier molecular flexibility index (Phi) is 4.00. The first-order chi connectivity index (χ1) is 9.08. The van der Waals surface area contributed by atoms with E-state index in [-0.39, 0.29) is 5.97 Å². The van der Waals surface area contributed by atoms with Crippen molar-refractivity contribution in [3.63, 3.8) is 0 Å². The first-order valence-corrected chi connectivity index (χ1v) is 6.35. The largest absolute Gasteiger partial charge is 0.462 e. The average molecular weight is 258 g/mol. The number of aryl methyl sites for hydroxylation is 2. The van der Waals surface area contributed by atoms with Crippen LogP contribution in [0.1, 0.15) is 34.0 Å². The monoisotopic (exact) mass is 258 g/mol. The highest BCUT2D eigenvalue weighted by Crippen LogP contribution is 2.11. The van der Waals surface area contributed by atoms with Crippen molar-refractivity contribution in [1.82, 2.24) is 9.78 Å². The number of hydrogen-bond donors (Lipinski definition) is 0. The van der Waals surface area contributed by atoms with Crippen molar-refractivity contribution < 1.29 is 9.53 Å². The summed E-state index contributed by atoms with van der Waals surface area (Å²) in [5.74, 6) is -0.325. The minimum absolute atomic E-state index is 0.325. The predicted molar refractivity (Wildman–Crippen MR) is 73.2 cm³/mol. The molecular weight excluding hydrogens is 240 g/mol. The van der Waals surface area contributed by atoms with E-state index >= 15 is 0 Å². The normalized spacial score (nSPS) is 10.5. The summed E-state index contributed by atoms with van der Waals surface area (Å²) in [5, 5.41) is 4.19. The molecule has 2 rings (SSSR count). The summed E-state index contributed by atoms with van der Waals surface area (Å²) in [6.45, 7) is 6.97. The lowest BCUT2D eigenvalue weighted by molar-refractivity contribution is 0.0526. The molecule has 19 heavy (non-hydrogen) atoms. The van der Waals surface area contributed by atoms with E-state index in [1.165, 1.54) is 16.7 Å². The van der Waals surface area contributed by atoms with Crippen molar-refractivity contribution in [3.8, 4) is 0 Å². The number of rotatable bonds is 4. The fourth-order valence-corrected chi connectivity index (χ4v) is 2.12. The Balaban J connectivity index is 2.13. The Hall–Kier alpha value is -2.10. The molecule has 1 aromatic heterocycles. The van der Waals surface area contributed by atoms with Crippen molar-refractivity contribution >= 4 is 5.97 Å². The third-order valence-electron chi connectivity index (χ3n) is 2.77. The van der Waals surface area contributed by atoms with Gasteiger partial charge in [-0.15, -0.1) is 0 Å². The molecule has 0 saturated carbocycles. The second kappa shape index (κ2) is 5.69. The SMILES string of the molecule is CCOC(=O)c1cnn(Cc2cc(C)cc(C)c2)c1. The van der Waals surface area contributed by atoms with E-state index in [0.29, 0.717) is 18.7 Å². The number of carbonyl (C=O) groups excluding carboxylic acids is 1. The van der Waals surface area contributed by atoms with E-state index in [9.17, 15) is 4.79 Å². The maximum absolute atomic E-state index is 11.5. The molecule has 1 aromatic carbocycles. The number of carbonyl (C=O) groups is 1. The van der Waals surface area contributed by atoms with Gasteiger partial charge in [-0.2, -0.15) is 5.10 Å². The lowest BCUT2D eigenvalue weighted by Crippen LogP contribution is -2.04. The zero-order chi connectivity index (χ0) is 13.8. The van der Waals surface area contributed by atoms with Gasteiger partial charge in [0, 0.05) is 6.20 Å². The number of benzene rings is 1. The molecule has 0 spiro atoms. The van der Waals surface area contributed by atoms with Crippen LogP contribution in [0, 0.1) is 13.8 Å². The van der Waals surface area contributed by atoms with Gasteiger partial charge in [0.1, 0.15) is 0 Å². The van der Waals surface area contributed by atoms with Crippen molar-refractivity contribution in [1.29, 1.82) is 0 Å². The lowest BCUT2D eigenvalue weighted by Gasteiger charge is -2.05. The second-order valence-electron chi connectivity index (χ2n) is 4.64. The van der Waals surface area contributed by atoms with Gasteiger partial charge in [-0.3, -0.25) is 4.68 Å². The van der Waals surface area contributed by atoms with Crippen LogP contribution in [0.3, 0.4) is 0 Å². The van der Waals surface area contributed by atoms with Crippen LogP contribution in [-0.4, -0.2) is 22.4 Å². The fraction of sp³-hybridized carbons (Fsp3) is 0.333. The molecule has 2 aromatic rings. The van der Waals surface area contributed by atoms with Crippen molar-refractivity contribution in [2.24, 2.45) is 0 Å². The highest BCUT2D eigenvalue weighted by Gasteiger charge is 2.09. The minimum Gasteiger partial charge on any atom is -0.462 e. The molecule has 0 saturated heterocycles. The minimum atomic E-state index is -0.325. The second-order valence-corrected chi connectivity index (χ2v) is 4.64. The van der Waals surface area contributed by atoms with Crippen LogP contribution in [0.25, 0.3) is 0 Å². The van der Waals surface area contributed by atoms with Gasteiger partial charge in [0.2, 0.25) is 0 Å². The van der Waals surface area contributed by atoms with Gasteiger partial charge in [-0.25, -0.2) is 4.79 Å². The zero-order valence-electron chi connectivity index (χ0n) is 11.5. The number of hydrogen-bond acceptors (Lipinski definition) is 3. The summed E-state index contributed by atoms with van der Waals surface area (Å²) in [5.41, 5.74) is 4.13. The van der Waals surface area contributed by atoms with Crippen LogP contribution < -0.4 is 0 Å². The number of aromatic nitrogens is 2. The maximum atomic E-state index is 11.5. The first-order valence-electron chi connectivity index (χ1n) is 6.35. The van der Waals surface area contributed by atoms with Crippen LogP contribution in [0.15, 0.2) is 30.6 Å². The Labute approximate surface area is 113 Å². The van der Waals surface area contributed by atoms with Gasteiger partial charge in [0.15, 0.2) is 0 Å². The van der Waals surface area contributed by atoms with Gasteiger partial charge in [-0.05, 0) is 26.3 Å². The fourth-order valence-electron chi connectivity index (χ4n) is 2.12. The summed E-state index contributed by atoms with van der Waals surface area (Å²) < 4.78 is 6.69. The molecule has 0 fully saturated rings. The molecule has 4 nitrogen and oxygen atoms in total. The number of nitrogens with zero attached hydrogens (tertiary/aromatic N) is 2. The summed E-state index contributed by atoms with van der Waals surface area (Å²) in [6, 6.07) is 6.38. The highest BCUT2D eigenvalue weighted by molar-refractivity contribution is 5.88. The van der Waals surface area contributed by atoms with E-state index < -0.39 is 0 Å². The molecule has 0 bridgehead atoms. The maximum Gasteiger partial charge on any atom is 0.341 e. The quantitative estimate of drug-likeness (QED) is 0.792. The molecule has 0 aliphatic heterocycles. The lowest BCUT2D eigenvalue weighted by atomic mass is 10.1. The first kappa shape index (κ1) is 13.3.